The molecule has 0 aliphatic heterocycles. The molecule has 1 aromatic carbocycles. The van der Waals surface area contributed by atoms with Crippen LogP contribution in [0.1, 0.15) is 18.4 Å². The van der Waals surface area contributed by atoms with Gasteiger partial charge in [-0.3, -0.25) is 4.79 Å². The lowest BCUT2D eigenvalue weighted by atomic mass is 10.1. The summed E-state index contributed by atoms with van der Waals surface area (Å²) in [5, 5.41) is 11.3. The lowest BCUT2D eigenvalue weighted by molar-refractivity contribution is -0.141. The Labute approximate surface area is 131 Å². The summed E-state index contributed by atoms with van der Waals surface area (Å²) in [6.07, 6.45) is 5.72. The Morgan fingerprint density at radius 3 is 2.76 bits per heavy atom. The molecule has 6 heteroatoms. The predicted octanol–water partition coefficient (Wildman–Crippen LogP) is 1.98. The average molecular weight is 354 g/mol. The third-order valence-corrected chi connectivity index (χ3v) is 3.43. The number of carbonyl (C=O) groups is 2. The van der Waals surface area contributed by atoms with Gasteiger partial charge in [-0.25, -0.2) is 4.79 Å². The summed E-state index contributed by atoms with van der Waals surface area (Å²) < 4.78 is 5.93. The summed E-state index contributed by atoms with van der Waals surface area (Å²) in [5.41, 5.74) is 0.946. The molecule has 0 saturated carbocycles. The molecule has 1 unspecified atom stereocenters. The Bertz CT molecular complexity index is 565. The molecular weight excluding hydrogens is 338 g/mol. The van der Waals surface area contributed by atoms with Crippen LogP contribution in [0.4, 0.5) is 0 Å². The molecule has 0 aliphatic carbocycles. The topological polar surface area (TPSA) is 75.6 Å². The van der Waals surface area contributed by atoms with Crippen molar-refractivity contribution in [2.75, 3.05) is 7.11 Å². The Hall–Kier alpha value is -2.00. The number of amides is 1. The number of aliphatic carboxylic acids is 1. The first-order valence-electron chi connectivity index (χ1n) is 6.26. The van der Waals surface area contributed by atoms with Gasteiger partial charge in [-0.2, -0.15) is 0 Å². The van der Waals surface area contributed by atoms with E-state index < -0.39 is 12.0 Å². The monoisotopic (exact) mass is 353 g/mol. The maximum atomic E-state index is 11.7. The highest BCUT2D eigenvalue weighted by Crippen LogP contribution is 2.25. The zero-order chi connectivity index (χ0) is 15.8. The van der Waals surface area contributed by atoms with Gasteiger partial charge >= 0.3 is 5.97 Å². The van der Waals surface area contributed by atoms with E-state index in [1.54, 1.807) is 13.2 Å². The van der Waals surface area contributed by atoms with Crippen molar-refractivity contribution in [3.05, 3.63) is 28.2 Å². The first-order valence-corrected chi connectivity index (χ1v) is 7.05. The molecule has 0 heterocycles. The Kier molecular flexibility index (Phi) is 6.76. The number of carboxylic acid groups (broad SMARTS) is 1. The molecule has 0 aliphatic rings. The van der Waals surface area contributed by atoms with E-state index in [0.717, 1.165) is 10.0 Å². The molecule has 2 N–H and O–H groups in total. The number of hydrogen-bond acceptors (Lipinski definition) is 3. The molecule has 1 amide bonds. The number of carbonyl (C=O) groups excluding carboxylic acids is 1. The number of carboxylic acids is 1. The van der Waals surface area contributed by atoms with Gasteiger partial charge in [-0.15, -0.1) is 12.3 Å². The summed E-state index contributed by atoms with van der Waals surface area (Å²) in [7, 11) is 1.57. The van der Waals surface area contributed by atoms with Gasteiger partial charge in [-0.1, -0.05) is 6.07 Å². The summed E-state index contributed by atoms with van der Waals surface area (Å²) in [6.45, 7) is 0. The second kappa shape index (κ2) is 8.32. The predicted molar refractivity (Wildman–Crippen MR) is 82.0 cm³/mol. The fourth-order valence-electron chi connectivity index (χ4n) is 1.71. The lowest BCUT2D eigenvalue weighted by Gasteiger charge is -2.12. The highest BCUT2D eigenvalue weighted by molar-refractivity contribution is 9.10. The molecule has 0 fully saturated rings. The number of terminal acetylenes is 1. The molecule has 0 radical (unpaired) electrons. The highest BCUT2D eigenvalue weighted by Gasteiger charge is 2.18. The summed E-state index contributed by atoms with van der Waals surface area (Å²) in [6, 6.07) is 4.48. The lowest BCUT2D eigenvalue weighted by Crippen LogP contribution is -2.40. The van der Waals surface area contributed by atoms with Crippen LogP contribution in [-0.2, 0) is 16.0 Å². The molecule has 0 aromatic heterocycles. The van der Waals surface area contributed by atoms with Crippen molar-refractivity contribution in [2.45, 2.75) is 25.3 Å². The summed E-state index contributed by atoms with van der Waals surface area (Å²) in [5.74, 6) is 1.47. The van der Waals surface area contributed by atoms with Crippen molar-refractivity contribution in [3.8, 4) is 18.1 Å². The fourth-order valence-corrected chi connectivity index (χ4v) is 2.30. The van der Waals surface area contributed by atoms with Crippen LogP contribution in [0.15, 0.2) is 22.7 Å². The standard InChI is InChI=1S/C15H16BrNO4/c1-3-4-12(15(19)20)17-14(18)8-6-10-5-7-13(21-2)11(16)9-10/h1,5,7,9,12H,4,6,8H2,2H3,(H,17,18)(H,19,20). The number of ether oxygens (including phenoxy) is 1. The third-order valence-electron chi connectivity index (χ3n) is 2.81. The zero-order valence-electron chi connectivity index (χ0n) is 11.6. The average Bonchev–Trinajstić information content (AvgIpc) is 2.44. The molecule has 1 atom stereocenters. The second-order valence-corrected chi connectivity index (χ2v) is 5.19. The molecule has 1 rings (SSSR count). The van der Waals surface area contributed by atoms with Crippen LogP contribution in [-0.4, -0.2) is 30.1 Å². The molecular formula is C15H16BrNO4. The zero-order valence-corrected chi connectivity index (χ0v) is 13.1. The summed E-state index contributed by atoms with van der Waals surface area (Å²) >= 11 is 3.37. The van der Waals surface area contributed by atoms with E-state index in [-0.39, 0.29) is 18.7 Å². The number of hydrogen-bond donors (Lipinski definition) is 2. The Morgan fingerprint density at radius 2 is 2.24 bits per heavy atom. The molecule has 112 valence electrons. The van der Waals surface area contributed by atoms with Crippen LogP contribution >= 0.6 is 15.9 Å². The van der Waals surface area contributed by atoms with E-state index in [0.29, 0.717) is 12.2 Å². The van der Waals surface area contributed by atoms with Crippen LogP contribution in [0.3, 0.4) is 0 Å². The van der Waals surface area contributed by atoms with Crippen molar-refractivity contribution in [3.63, 3.8) is 0 Å². The largest absolute Gasteiger partial charge is 0.496 e. The number of rotatable bonds is 7. The van der Waals surface area contributed by atoms with Gasteiger partial charge < -0.3 is 15.2 Å². The van der Waals surface area contributed by atoms with Crippen molar-refractivity contribution in [1.82, 2.24) is 5.32 Å². The number of nitrogens with one attached hydrogen (secondary N) is 1. The minimum Gasteiger partial charge on any atom is -0.496 e. The molecule has 0 bridgehead atoms. The smallest absolute Gasteiger partial charge is 0.327 e. The van der Waals surface area contributed by atoms with Crippen molar-refractivity contribution < 1.29 is 19.4 Å². The van der Waals surface area contributed by atoms with E-state index in [9.17, 15) is 9.59 Å². The molecule has 1 aromatic rings. The van der Waals surface area contributed by atoms with Gasteiger partial charge in [0.15, 0.2) is 0 Å². The third kappa shape index (κ3) is 5.48. The van der Waals surface area contributed by atoms with Crippen LogP contribution in [0.25, 0.3) is 0 Å². The second-order valence-electron chi connectivity index (χ2n) is 4.34. The number of aryl methyl sites for hydroxylation is 1. The SMILES string of the molecule is C#CCC(NC(=O)CCc1ccc(OC)c(Br)c1)C(=O)O. The van der Waals surface area contributed by atoms with Gasteiger partial charge in [0.1, 0.15) is 11.8 Å². The van der Waals surface area contributed by atoms with Crippen LogP contribution < -0.4 is 10.1 Å². The Morgan fingerprint density at radius 1 is 1.52 bits per heavy atom. The van der Waals surface area contributed by atoms with E-state index in [4.69, 9.17) is 16.3 Å². The van der Waals surface area contributed by atoms with Crippen LogP contribution in [0, 0.1) is 12.3 Å². The van der Waals surface area contributed by atoms with E-state index >= 15 is 0 Å². The van der Waals surface area contributed by atoms with Gasteiger partial charge in [0.05, 0.1) is 11.6 Å². The van der Waals surface area contributed by atoms with Crippen LogP contribution in [0.2, 0.25) is 0 Å². The van der Waals surface area contributed by atoms with Crippen molar-refractivity contribution in [2.24, 2.45) is 0 Å². The van der Waals surface area contributed by atoms with Gasteiger partial charge in [0, 0.05) is 12.8 Å². The molecule has 0 saturated heterocycles. The maximum absolute atomic E-state index is 11.7. The first kappa shape index (κ1) is 17.1. The van der Waals surface area contributed by atoms with Crippen LogP contribution in [0.5, 0.6) is 5.75 Å². The van der Waals surface area contributed by atoms with E-state index in [2.05, 4.69) is 27.2 Å². The first-order chi connectivity index (χ1) is 9.97. The van der Waals surface area contributed by atoms with Crippen molar-refractivity contribution in [1.29, 1.82) is 0 Å². The van der Waals surface area contributed by atoms with Crippen molar-refractivity contribution >= 4 is 27.8 Å². The fraction of sp³-hybridized carbons (Fsp3) is 0.333. The molecule has 5 nitrogen and oxygen atoms in total. The number of methoxy groups -OCH3 is 1. The van der Waals surface area contributed by atoms with Gasteiger partial charge in [0.2, 0.25) is 5.91 Å². The van der Waals surface area contributed by atoms with Gasteiger partial charge in [-0.05, 0) is 40.0 Å². The number of halogens is 1. The van der Waals surface area contributed by atoms with E-state index in [1.165, 1.54) is 0 Å². The minimum absolute atomic E-state index is 0.0326. The maximum Gasteiger partial charge on any atom is 0.327 e. The summed E-state index contributed by atoms with van der Waals surface area (Å²) in [4.78, 5) is 22.6. The van der Waals surface area contributed by atoms with Gasteiger partial charge in [0.25, 0.3) is 0 Å². The normalized spacial score (nSPS) is 11.3. The quantitative estimate of drug-likeness (QED) is 0.735. The highest BCUT2D eigenvalue weighted by atomic mass is 79.9. The number of benzene rings is 1. The Balaban J connectivity index is 2.55. The molecule has 21 heavy (non-hydrogen) atoms. The minimum atomic E-state index is -1.13. The molecule has 0 spiro atoms. The van der Waals surface area contributed by atoms with E-state index in [1.807, 2.05) is 12.1 Å².